The summed E-state index contributed by atoms with van der Waals surface area (Å²) < 4.78 is 38.3. The van der Waals surface area contributed by atoms with E-state index < -0.39 is 40.9 Å². The Morgan fingerprint density at radius 3 is 2.54 bits per heavy atom. The third kappa shape index (κ3) is 5.40. The molecule has 28 heavy (non-hydrogen) atoms. The Kier molecular flexibility index (Phi) is 6.68. The molecule has 0 aliphatic carbocycles. The van der Waals surface area contributed by atoms with Gasteiger partial charge in [-0.1, -0.05) is 25.4 Å². The van der Waals surface area contributed by atoms with Crippen molar-refractivity contribution in [3.05, 3.63) is 34.4 Å². The average Bonchev–Trinajstić information content (AvgIpc) is 2.58. The molecule has 1 fully saturated rings. The van der Waals surface area contributed by atoms with Gasteiger partial charge in [0.1, 0.15) is 17.7 Å². The molecule has 0 aromatic heterocycles. The van der Waals surface area contributed by atoms with Crippen molar-refractivity contribution in [3.63, 3.8) is 0 Å². The molecule has 2 atom stereocenters. The Hall–Kier alpha value is -1.77. The molecule has 1 aromatic carbocycles. The van der Waals surface area contributed by atoms with Gasteiger partial charge >= 0.3 is 0 Å². The molecule has 6 nitrogen and oxygen atoms in total. The summed E-state index contributed by atoms with van der Waals surface area (Å²) in [5, 5.41) is 4.91. The van der Waals surface area contributed by atoms with Gasteiger partial charge in [-0.2, -0.15) is 0 Å². The van der Waals surface area contributed by atoms with Crippen molar-refractivity contribution in [2.45, 2.75) is 52.6 Å². The number of carbonyl (C=O) groups excluding carboxylic acids is 2. The Bertz CT molecular complexity index is 771. The van der Waals surface area contributed by atoms with Gasteiger partial charge in [0.2, 0.25) is 5.91 Å². The van der Waals surface area contributed by atoms with Crippen molar-refractivity contribution in [2.75, 3.05) is 13.2 Å². The quantitative estimate of drug-likeness (QED) is 0.721. The molecular weight excluding hydrogens is 394 g/mol. The first-order chi connectivity index (χ1) is 12.8. The Morgan fingerprint density at radius 2 is 1.89 bits per heavy atom. The van der Waals surface area contributed by atoms with Crippen LogP contribution in [0.15, 0.2) is 12.1 Å². The van der Waals surface area contributed by atoms with Gasteiger partial charge in [0.15, 0.2) is 5.79 Å². The van der Waals surface area contributed by atoms with E-state index in [4.69, 9.17) is 21.1 Å². The second-order valence-corrected chi connectivity index (χ2v) is 8.45. The summed E-state index contributed by atoms with van der Waals surface area (Å²) >= 11 is 5.60. The zero-order valence-corrected chi connectivity index (χ0v) is 17.2. The fraction of sp³-hybridized carbons (Fsp3) is 0.579. The second kappa shape index (κ2) is 8.31. The number of ether oxygens (including phenoxy) is 2. The lowest BCUT2D eigenvalue weighted by molar-refractivity contribution is -0.304. The summed E-state index contributed by atoms with van der Waals surface area (Å²) in [7, 11) is 0. The molecule has 156 valence electrons. The number of hydrogen-bond acceptors (Lipinski definition) is 4. The highest BCUT2D eigenvalue weighted by molar-refractivity contribution is 6.31. The van der Waals surface area contributed by atoms with E-state index in [0.29, 0.717) is 12.7 Å². The van der Waals surface area contributed by atoms with Gasteiger partial charge in [-0.05, 0) is 26.8 Å². The minimum atomic E-state index is -1.02. The molecule has 1 aliphatic rings. The van der Waals surface area contributed by atoms with Gasteiger partial charge in [-0.3, -0.25) is 9.59 Å². The Labute approximate surface area is 167 Å². The number of nitrogens with one attached hydrogen (secondary N) is 2. The van der Waals surface area contributed by atoms with E-state index in [-0.39, 0.29) is 23.0 Å². The molecular formula is C19H25ClF2N2O4. The van der Waals surface area contributed by atoms with E-state index in [9.17, 15) is 18.4 Å². The first-order valence-electron chi connectivity index (χ1n) is 8.87. The summed E-state index contributed by atoms with van der Waals surface area (Å²) in [4.78, 5) is 24.8. The van der Waals surface area contributed by atoms with Crippen molar-refractivity contribution in [2.24, 2.45) is 5.41 Å². The number of hydrogen-bond donors (Lipinski definition) is 2. The lowest BCUT2D eigenvalue weighted by Gasteiger charge is -2.44. The molecule has 0 unspecified atom stereocenters. The van der Waals surface area contributed by atoms with Gasteiger partial charge < -0.3 is 20.1 Å². The number of benzene rings is 1. The van der Waals surface area contributed by atoms with Gasteiger partial charge in [0.25, 0.3) is 5.91 Å². The van der Waals surface area contributed by atoms with Crippen LogP contribution in [-0.2, 0) is 14.3 Å². The maximum atomic E-state index is 13.8. The predicted molar refractivity (Wildman–Crippen MR) is 100.0 cm³/mol. The van der Waals surface area contributed by atoms with E-state index in [1.54, 1.807) is 20.8 Å². The van der Waals surface area contributed by atoms with E-state index in [1.165, 1.54) is 0 Å². The van der Waals surface area contributed by atoms with Gasteiger partial charge in [-0.15, -0.1) is 0 Å². The molecule has 1 aromatic rings. The summed E-state index contributed by atoms with van der Waals surface area (Å²) in [5.74, 6) is -3.94. The molecule has 0 saturated carbocycles. The smallest absolute Gasteiger partial charge is 0.254 e. The van der Waals surface area contributed by atoms with E-state index in [0.717, 1.165) is 6.07 Å². The molecule has 1 aliphatic heterocycles. The fourth-order valence-corrected chi connectivity index (χ4v) is 2.88. The van der Waals surface area contributed by atoms with Crippen LogP contribution >= 0.6 is 11.6 Å². The van der Waals surface area contributed by atoms with Gasteiger partial charge in [-0.25, -0.2) is 8.78 Å². The van der Waals surface area contributed by atoms with E-state index in [2.05, 4.69) is 10.6 Å². The van der Waals surface area contributed by atoms with Crippen LogP contribution in [0.1, 0.15) is 45.0 Å². The van der Waals surface area contributed by atoms with Gasteiger partial charge in [0, 0.05) is 24.1 Å². The standard InChI is InChI=1S/C19H25ClF2N2O4/c1-10(24-16(25)11-6-12(20)14(22)7-13(11)21)8-23-17(26)15-18(2,3)9-27-19(4,5)28-15/h6-7,10,15H,8-9H2,1-5H3,(H,23,26)(H,24,25)/t10-,15-/m0/s1. The van der Waals surface area contributed by atoms with E-state index >= 15 is 0 Å². The largest absolute Gasteiger partial charge is 0.352 e. The van der Waals surface area contributed by atoms with Crippen LogP contribution in [-0.4, -0.2) is 42.9 Å². The van der Waals surface area contributed by atoms with Crippen LogP contribution in [0.2, 0.25) is 5.02 Å². The van der Waals surface area contributed by atoms with Gasteiger partial charge in [0.05, 0.1) is 17.2 Å². The molecule has 1 heterocycles. The van der Waals surface area contributed by atoms with Crippen LogP contribution in [0.5, 0.6) is 0 Å². The summed E-state index contributed by atoms with van der Waals surface area (Å²) in [6.45, 7) is 9.27. The van der Waals surface area contributed by atoms with Crippen molar-refractivity contribution in [3.8, 4) is 0 Å². The Balaban J connectivity index is 1.94. The lowest BCUT2D eigenvalue weighted by Crippen LogP contribution is -2.57. The fourth-order valence-electron chi connectivity index (χ4n) is 2.72. The number of halogens is 3. The number of rotatable bonds is 5. The minimum absolute atomic E-state index is 0.0956. The van der Waals surface area contributed by atoms with Crippen LogP contribution in [0, 0.1) is 17.0 Å². The molecule has 0 bridgehead atoms. The van der Waals surface area contributed by atoms with Crippen molar-refractivity contribution >= 4 is 23.4 Å². The molecule has 0 radical (unpaired) electrons. The Morgan fingerprint density at radius 1 is 1.25 bits per heavy atom. The minimum Gasteiger partial charge on any atom is -0.352 e. The van der Waals surface area contributed by atoms with Crippen molar-refractivity contribution in [1.29, 1.82) is 0 Å². The SMILES string of the molecule is C[C@@H](CNC(=O)[C@@H]1OC(C)(C)OCC1(C)C)NC(=O)c1cc(Cl)c(F)cc1F. The predicted octanol–water partition coefficient (Wildman–Crippen LogP) is 3.03. The maximum absolute atomic E-state index is 13.8. The van der Waals surface area contributed by atoms with Crippen LogP contribution in [0.3, 0.4) is 0 Å². The molecule has 0 spiro atoms. The third-order valence-electron chi connectivity index (χ3n) is 4.36. The molecule has 2 N–H and O–H groups in total. The highest BCUT2D eigenvalue weighted by atomic mass is 35.5. The topological polar surface area (TPSA) is 76.7 Å². The number of amides is 2. The van der Waals surface area contributed by atoms with Crippen molar-refractivity contribution < 1.29 is 27.8 Å². The van der Waals surface area contributed by atoms with Crippen LogP contribution in [0.4, 0.5) is 8.78 Å². The molecule has 2 amide bonds. The summed E-state index contributed by atoms with van der Waals surface area (Å²) in [5.41, 5.74) is -0.902. The highest BCUT2D eigenvalue weighted by Crippen LogP contribution is 2.34. The summed E-state index contributed by atoms with van der Waals surface area (Å²) in [6.07, 6.45) is -0.729. The molecule has 9 heteroatoms. The monoisotopic (exact) mass is 418 g/mol. The first-order valence-corrected chi connectivity index (χ1v) is 9.25. The van der Waals surface area contributed by atoms with E-state index in [1.807, 2.05) is 13.8 Å². The third-order valence-corrected chi connectivity index (χ3v) is 4.65. The average molecular weight is 419 g/mol. The lowest BCUT2D eigenvalue weighted by atomic mass is 9.85. The van der Waals surface area contributed by atoms with Crippen LogP contribution < -0.4 is 10.6 Å². The van der Waals surface area contributed by atoms with Crippen LogP contribution in [0.25, 0.3) is 0 Å². The zero-order chi connectivity index (χ0) is 21.3. The highest BCUT2D eigenvalue weighted by Gasteiger charge is 2.45. The zero-order valence-electron chi connectivity index (χ0n) is 16.5. The van der Waals surface area contributed by atoms with Crippen molar-refractivity contribution in [1.82, 2.24) is 10.6 Å². The first kappa shape index (κ1) is 22.5. The number of carbonyl (C=O) groups is 2. The summed E-state index contributed by atoms with van der Waals surface area (Å²) in [6, 6.07) is 0.958. The molecule has 1 saturated heterocycles. The molecule has 2 rings (SSSR count). The normalized spacial score (nSPS) is 21.6. The maximum Gasteiger partial charge on any atom is 0.254 e. The second-order valence-electron chi connectivity index (χ2n) is 8.04.